The highest BCUT2D eigenvalue weighted by molar-refractivity contribution is 5.78. The molecule has 8 unspecified atom stereocenters. The van der Waals surface area contributed by atoms with Gasteiger partial charge in [-0.05, 0) is 69.2 Å². The van der Waals surface area contributed by atoms with Gasteiger partial charge in [-0.1, -0.05) is 63.6 Å². The summed E-state index contributed by atoms with van der Waals surface area (Å²) in [5, 5.41) is 23.7. The van der Waals surface area contributed by atoms with Crippen LogP contribution in [0.1, 0.15) is 87.0 Å². The Bertz CT molecular complexity index is 1720. The first-order valence-corrected chi connectivity index (χ1v) is 22.5. The molecule has 2 N–H and O–H groups in total. The predicted molar refractivity (Wildman–Crippen MR) is 224 cm³/mol. The van der Waals surface area contributed by atoms with Gasteiger partial charge in [0.1, 0.15) is 42.0 Å². The highest BCUT2D eigenvalue weighted by Gasteiger charge is 2.60. The third-order valence-electron chi connectivity index (χ3n) is 14.1. The van der Waals surface area contributed by atoms with Crippen LogP contribution in [0.3, 0.4) is 0 Å². The van der Waals surface area contributed by atoms with Crippen LogP contribution in [0.25, 0.3) is 0 Å². The van der Waals surface area contributed by atoms with Crippen molar-refractivity contribution >= 4 is 11.9 Å². The van der Waals surface area contributed by atoms with Crippen LogP contribution in [-0.4, -0.2) is 146 Å². The Morgan fingerprint density at radius 1 is 1.07 bits per heavy atom. The second kappa shape index (κ2) is 19.5. The number of aliphatic hydroxyl groups excluding tert-OH is 1. The van der Waals surface area contributed by atoms with E-state index in [0.717, 1.165) is 18.4 Å². The number of nitrogens with zero attached hydrogens (tertiary/aromatic N) is 1. The van der Waals surface area contributed by atoms with Crippen molar-refractivity contribution in [1.29, 1.82) is 0 Å². The Hall–Kier alpha value is -2.76. The van der Waals surface area contributed by atoms with Crippen molar-refractivity contribution in [2.24, 2.45) is 17.8 Å². The van der Waals surface area contributed by atoms with Crippen LogP contribution < -0.4 is 0 Å². The number of carbonyl (C=O) groups excluding carboxylic acids is 2. The average Bonchev–Trinajstić information content (AvgIpc) is 3.59. The Kier molecular flexibility index (Phi) is 14.8. The quantitative estimate of drug-likeness (QED) is 0.252. The van der Waals surface area contributed by atoms with E-state index in [0.29, 0.717) is 63.1 Å². The van der Waals surface area contributed by atoms with Crippen LogP contribution in [-0.2, 0) is 52.2 Å². The Morgan fingerprint density at radius 2 is 1.84 bits per heavy atom. The molecule has 61 heavy (non-hydrogen) atoms. The van der Waals surface area contributed by atoms with E-state index in [1.165, 1.54) is 0 Å². The number of methoxy groups -OCH3 is 1. The highest BCUT2D eigenvalue weighted by Crippen LogP contribution is 2.47. The van der Waals surface area contributed by atoms with Gasteiger partial charge in [-0.2, -0.15) is 0 Å². The fraction of sp³-hybridized carbons (Fsp3) is 0.745. The van der Waals surface area contributed by atoms with Gasteiger partial charge in [0.2, 0.25) is 0 Å². The lowest BCUT2D eigenvalue weighted by atomic mass is 9.71. The minimum Gasteiger partial charge on any atom is -0.462 e. The number of ether oxygens (including phenoxy) is 9. The average molecular weight is 856 g/mol. The molecule has 1 spiro atoms. The molecule has 6 heterocycles. The van der Waals surface area contributed by atoms with Gasteiger partial charge >= 0.3 is 11.9 Å². The summed E-state index contributed by atoms with van der Waals surface area (Å²) in [5.41, 5.74) is 0.118. The van der Waals surface area contributed by atoms with Crippen LogP contribution in [0, 0.1) is 17.8 Å². The molecular formula is C47H69NO13. The van der Waals surface area contributed by atoms with E-state index in [1.807, 2.05) is 39.0 Å². The van der Waals surface area contributed by atoms with Gasteiger partial charge in [-0.15, -0.1) is 0 Å². The van der Waals surface area contributed by atoms with E-state index in [9.17, 15) is 19.8 Å². The monoisotopic (exact) mass is 855 g/mol. The number of morpholine rings is 1. The fourth-order valence-electron chi connectivity index (χ4n) is 10.1. The van der Waals surface area contributed by atoms with E-state index >= 15 is 0 Å². The molecule has 0 amide bonds. The summed E-state index contributed by atoms with van der Waals surface area (Å²) < 4.78 is 56.8. The van der Waals surface area contributed by atoms with Crippen molar-refractivity contribution in [1.82, 2.24) is 4.90 Å². The number of rotatable bonds is 8. The molecule has 14 nitrogen and oxygen atoms in total. The van der Waals surface area contributed by atoms with Crippen molar-refractivity contribution < 1.29 is 62.4 Å². The first kappa shape index (κ1) is 46.2. The summed E-state index contributed by atoms with van der Waals surface area (Å²) in [7, 11) is 1.61. The second-order valence-corrected chi connectivity index (χ2v) is 18.3. The molecule has 4 saturated heterocycles. The topological polar surface area (TPSA) is 161 Å². The summed E-state index contributed by atoms with van der Waals surface area (Å²) in [6, 6.07) is -0.430. The largest absolute Gasteiger partial charge is 0.462 e. The lowest BCUT2D eigenvalue weighted by molar-refractivity contribution is -0.294. The van der Waals surface area contributed by atoms with Crippen molar-refractivity contribution in [2.75, 3.05) is 40.0 Å². The van der Waals surface area contributed by atoms with Crippen molar-refractivity contribution in [3.63, 3.8) is 0 Å². The van der Waals surface area contributed by atoms with Crippen LogP contribution >= 0.6 is 0 Å². The molecule has 0 aromatic carbocycles. The summed E-state index contributed by atoms with van der Waals surface area (Å²) in [5.74, 6) is -3.04. The molecule has 0 saturated carbocycles. The van der Waals surface area contributed by atoms with Crippen LogP contribution in [0.2, 0.25) is 0 Å². The highest BCUT2D eigenvalue weighted by atomic mass is 16.7. The molecule has 16 atom stereocenters. The third kappa shape index (κ3) is 9.84. The molecule has 340 valence electrons. The van der Waals surface area contributed by atoms with Crippen molar-refractivity contribution in [2.45, 2.75) is 166 Å². The molecule has 2 bridgehead atoms. The number of allylic oxidation sites excluding steroid dienone is 2. The second-order valence-electron chi connectivity index (χ2n) is 18.3. The first-order valence-electron chi connectivity index (χ1n) is 22.5. The van der Waals surface area contributed by atoms with Gasteiger partial charge in [0.15, 0.2) is 18.2 Å². The number of hydrogen-bond acceptors (Lipinski definition) is 14. The van der Waals surface area contributed by atoms with E-state index in [4.69, 9.17) is 42.6 Å². The van der Waals surface area contributed by atoms with E-state index in [2.05, 4.69) is 37.8 Å². The molecule has 1 aliphatic carbocycles. The van der Waals surface area contributed by atoms with Crippen LogP contribution in [0.4, 0.5) is 0 Å². The first-order chi connectivity index (χ1) is 29.2. The van der Waals surface area contributed by atoms with E-state index in [-0.39, 0.29) is 36.6 Å². The number of esters is 2. The Labute approximate surface area is 361 Å². The maximum atomic E-state index is 14.3. The minimum absolute atomic E-state index is 0.0297. The maximum Gasteiger partial charge on any atom is 0.323 e. The van der Waals surface area contributed by atoms with Gasteiger partial charge in [0, 0.05) is 45.4 Å². The summed E-state index contributed by atoms with van der Waals surface area (Å²) in [6.45, 7) is 16.4. The van der Waals surface area contributed by atoms with E-state index < -0.39 is 78.3 Å². The summed E-state index contributed by atoms with van der Waals surface area (Å²) in [6.07, 6.45) is 10.7. The van der Waals surface area contributed by atoms with Gasteiger partial charge in [-0.25, -0.2) is 0 Å². The normalized spacial score (nSPS) is 44.4. The predicted octanol–water partition coefficient (Wildman–Crippen LogP) is 4.87. The van der Waals surface area contributed by atoms with Crippen molar-refractivity contribution in [3.8, 4) is 0 Å². The SMILES string of the molecule is CC[C@H](C)[C@@H]1CC=CC2(C[C@@H]3CC(C/C=C(\C)[C@@H](OC4CC(OC)C(OC(=O)C(C)N5CCOCC5)C(C)O4)[C@@H](C)/C=C/C=C4\CO[C@@H]5[C@H](O)C(C)=CC(C(=O)O3)[C@]45O)O2)O1. The van der Waals surface area contributed by atoms with Gasteiger partial charge in [-0.3, -0.25) is 14.5 Å². The number of carbonyl (C=O) groups is 2. The molecule has 0 aromatic heterocycles. The smallest absolute Gasteiger partial charge is 0.323 e. The Balaban J connectivity index is 1.17. The molecule has 6 aliphatic heterocycles. The molecular weight excluding hydrogens is 787 g/mol. The molecule has 7 rings (SSSR count). The van der Waals surface area contributed by atoms with Crippen LogP contribution in [0.5, 0.6) is 0 Å². The van der Waals surface area contributed by atoms with Gasteiger partial charge in [0.25, 0.3) is 0 Å². The molecule has 0 aromatic rings. The molecule has 4 fully saturated rings. The van der Waals surface area contributed by atoms with Gasteiger partial charge in [0.05, 0.1) is 44.2 Å². The van der Waals surface area contributed by atoms with Gasteiger partial charge < -0.3 is 52.8 Å². The van der Waals surface area contributed by atoms with Crippen LogP contribution in [0.15, 0.2) is 59.3 Å². The molecule has 7 aliphatic rings. The zero-order chi connectivity index (χ0) is 43.6. The standard InChI is InChI=1S/C47H69NO13/c1-9-27(2)37-14-11-17-46(61-37)25-35-23-34(60-46)16-15-29(4)41(28(3)12-10-13-33-26-55-43-40(49)30(5)22-36(45(51)57-35)47(33,43)52)58-39-24-38(53-8)42(32(7)56-39)59-44(50)31(6)48-18-20-54-21-19-48/h10-13,15,17,22,27-28,31-32,34-43,49,52H,9,14,16,18-21,23-26H2,1-8H3/b12-10+,29-15+,33-13+/t27-,28-,31?,32?,34?,35-,36?,37-,38?,39?,40+,41-,42?,43+,46?,47+/m0/s1. The summed E-state index contributed by atoms with van der Waals surface area (Å²) in [4.78, 5) is 29.7. The number of hydrogen-bond donors (Lipinski definition) is 2. The summed E-state index contributed by atoms with van der Waals surface area (Å²) >= 11 is 0. The number of aliphatic hydroxyl groups is 2. The lowest BCUT2D eigenvalue weighted by Crippen LogP contribution is -2.58. The minimum atomic E-state index is -1.83. The number of fused-ring (bicyclic) bond motifs is 2. The molecule has 0 radical (unpaired) electrons. The molecule has 14 heteroatoms. The Morgan fingerprint density at radius 3 is 2.57 bits per heavy atom. The van der Waals surface area contributed by atoms with Crippen molar-refractivity contribution in [3.05, 3.63) is 59.3 Å². The fourth-order valence-corrected chi connectivity index (χ4v) is 10.1. The lowest BCUT2D eigenvalue weighted by Gasteiger charge is -2.47. The third-order valence-corrected chi connectivity index (χ3v) is 14.1. The zero-order valence-electron chi connectivity index (χ0n) is 37.2. The zero-order valence-corrected chi connectivity index (χ0v) is 37.2. The van der Waals surface area contributed by atoms with E-state index in [1.54, 1.807) is 26.2 Å². The maximum absolute atomic E-state index is 14.3.